The summed E-state index contributed by atoms with van der Waals surface area (Å²) in [6, 6.07) is 11.9. The number of aromatic nitrogens is 2. The summed E-state index contributed by atoms with van der Waals surface area (Å²) >= 11 is 0. The molecule has 0 aromatic carbocycles. The lowest BCUT2D eigenvalue weighted by Gasteiger charge is -2.09. The van der Waals surface area contributed by atoms with Gasteiger partial charge in [-0.1, -0.05) is 12.1 Å². The van der Waals surface area contributed by atoms with Gasteiger partial charge >= 0.3 is 0 Å². The quantitative estimate of drug-likeness (QED) is 0.652. The second-order valence-electron chi connectivity index (χ2n) is 3.23. The van der Waals surface area contributed by atoms with Crippen molar-refractivity contribution in [3.8, 4) is 0 Å². The molecule has 0 N–H and O–H groups in total. The van der Waals surface area contributed by atoms with E-state index in [1.165, 1.54) is 0 Å². The lowest BCUT2D eigenvalue weighted by atomic mass is 9.81. The minimum Gasteiger partial charge on any atom is -0.261 e. The molecule has 0 amide bonds. The fraction of sp³-hybridized carbons (Fsp3) is 0.0909. The van der Waals surface area contributed by atoms with Crippen molar-refractivity contribution < 1.29 is 0 Å². The molecule has 3 heteroatoms. The Labute approximate surface area is 84.4 Å². The van der Waals surface area contributed by atoms with E-state index >= 15 is 0 Å². The largest absolute Gasteiger partial charge is 0.261 e. The molecule has 2 rings (SSSR count). The van der Waals surface area contributed by atoms with Crippen LogP contribution in [0.3, 0.4) is 0 Å². The second-order valence-corrected chi connectivity index (χ2v) is 3.23. The van der Waals surface area contributed by atoms with Gasteiger partial charge in [-0.15, -0.1) is 0 Å². The van der Waals surface area contributed by atoms with Crippen molar-refractivity contribution in [2.75, 3.05) is 0 Å². The fourth-order valence-electron chi connectivity index (χ4n) is 1.42. The van der Waals surface area contributed by atoms with Crippen LogP contribution in [0.1, 0.15) is 17.2 Å². The second kappa shape index (κ2) is 4.05. The highest BCUT2D eigenvalue weighted by Gasteiger charge is 2.09. The normalized spacial score (nSPS) is 10.4. The number of nitrogens with zero attached hydrogens (tertiary/aromatic N) is 2. The minimum absolute atomic E-state index is 0.261. The summed E-state index contributed by atoms with van der Waals surface area (Å²) in [6.07, 6.45) is 3.63. The molecular weight excluding hydrogens is 171 g/mol. The lowest BCUT2D eigenvalue weighted by Crippen LogP contribution is -2.04. The van der Waals surface area contributed by atoms with E-state index in [-0.39, 0.29) is 5.82 Å². The molecule has 0 spiro atoms. The molecule has 2 aromatic heterocycles. The third-order valence-electron chi connectivity index (χ3n) is 2.26. The van der Waals surface area contributed by atoms with Gasteiger partial charge in [-0.2, -0.15) is 0 Å². The van der Waals surface area contributed by atoms with Crippen LogP contribution >= 0.6 is 0 Å². The maximum atomic E-state index is 4.32. The molecule has 0 fully saturated rings. The van der Waals surface area contributed by atoms with Gasteiger partial charge in [0.2, 0.25) is 0 Å². The molecule has 0 saturated carbocycles. The van der Waals surface area contributed by atoms with Crippen molar-refractivity contribution in [2.24, 2.45) is 0 Å². The molecule has 0 saturated heterocycles. The monoisotopic (exact) mass is 182 g/mol. The van der Waals surface area contributed by atoms with Crippen LogP contribution in [0.15, 0.2) is 48.8 Å². The van der Waals surface area contributed by atoms with E-state index in [0.29, 0.717) is 0 Å². The van der Waals surface area contributed by atoms with Crippen LogP contribution in [-0.2, 0) is 0 Å². The fourth-order valence-corrected chi connectivity index (χ4v) is 1.42. The first-order chi connectivity index (χ1) is 6.88. The zero-order valence-corrected chi connectivity index (χ0v) is 8.09. The van der Waals surface area contributed by atoms with Crippen LogP contribution in [0.25, 0.3) is 0 Å². The Morgan fingerprint density at radius 1 is 0.857 bits per heavy atom. The third kappa shape index (κ3) is 1.82. The van der Waals surface area contributed by atoms with Crippen molar-refractivity contribution in [2.45, 2.75) is 5.82 Å². The van der Waals surface area contributed by atoms with Crippen LogP contribution in [0.5, 0.6) is 0 Å². The van der Waals surface area contributed by atoms with Crippen LogP contribution in [0.2, 0.25) is 0 Å². The van der Waals surface area contributed by atoms with E-state index < -0.39 is 0 Å². The summed E-state index contributed by atoms with van der Waals surface area (Å²) in [5.74, 6) is 0.261. The van der Waals surface area contributed by atoms with Gasteiger partial charge in [0.05, 0.1) is 0 Å². The summed E-state index contributed by atoms with van der Waals surface area (Å²) in [4.78, 5) is 8.63. The molecule has 2 heterocycles. The van der Waals surface area contributed by atoms with Crippen molar-refractivity contribution in [1.82, 2.24) is 9.97 Å². The predicted octanol–water partition coefficient (Wildman–Crippen LogP) is 1.20. The van der Waals surface area contributed by atoms with Gasteiger partial charge in [0, 0.05) is 29.6 Å². The zero-order valence-electron chi connectivity index (χ0n) is 8.09. The Kier molecular flexibility index (Phi) is 2.59. The zero-order chi connectivity index (χ0) is 9.80. The van der Waals surface area contributed by atoms with E-state index in [2.05, 4.69) is 17.8 Å². The molecule has 0 aliphatic heterocycles. The molecule has 0 bridgehead atoms. The predicted molar refractivity (Wildman–Crippen MR) is 58.9 cm³/mol. The minimum atomic E-state index is 0.261. The van der Waals surface area contributed by atoms with Gasteiger partial charge in [0.15, 0.2) is 0 Å². The molecular formula is C11H11BN2. The van der Waals surface area contributed by atoms with Crippen LogP contribution in [-0.4, -0.2) is 17.8 Å². The molecule has 0 aliphatic carbocycles. The van der Waals surface area contributed by atoms with E-state index in [0.717, 1.165) is 11.4 Å². The molecule has 0 unspecified atom stereocenters. The van der Waals surface area contributed by atoms with Gasteiger partial charge in [0.25, 0.3) is 0 Å². The number of pyridine rings is 2. The van der Waals surface area contributed by atoms with Gasteiger partial charge in [0.1, 0.15) is 7.85 Å². The first kappa shape index (κ1) is 8.94. The third-order valence-corrected chi connectivity index (χ3v) is 2.26. The van der Waals surface area contributed by atoms with Crippen LogP contribution in [0, 0.1) is 0 Å². The maximum Gasteiger partial charge on any atom is 0.120 e. The Hall–Kier alpha value is -1.64. The van der Waals surface area contributed by atoms with Crippen LogP contribution in [0.4, 0.5) is 0 Å². The van der Waals surface area contributed by atoms with Crippen molar-refractivity contribution in [1.29, 1.82) is 0 Å². The average Bonchev–Trinajstić information content (AvgIpc) is 2.30. The lowest BCUT2D eigenvalue weighted by molar-refractivity contribution is 0.978. The van der Waals surface area contributed by atoms with Gasteiger partial charge < -0.3 is 0 Å². The summed E-state index contributed by atoms with van der Waals surface area (Å²) in [7, 11) is 2.12. The standard InChI is InChI=1S/C11H11BN2/c12-11(9-5-1-3-7-13-9)10-6-2-4-8-14-10/h1-8,11H,12H2. The number of rotatable bonds is 2. The highest BCUT2D eigenvalue weighted by molar-refractivity contribution is 6.14. The Balaban J connectivity index is 2.30. The summed E-state index contributed by atoms with van der Waals surface area (Å²) in [5.41, 5.74) is 2.12. The van der Waals surface area contributed by atoms with Crippen molar-refractivity contribution in [3.63, 3.8) is 0 Å². The van der Waals surface area contributed by atoms with Gasteiger partial charge in [-0.3, -0.25) is 9.97 Å². The first-order valence-electron chi connectivity index (χ1n) is 4.70. The van der Waals surface area contributed by atoms with Crippen molar-refractivity contribution in [3.05, 3.63) is 60.2 Å². The molecule has 14 heavy (non-hydrogen) atoms. The molecule has 0 radical (unpaired) electrons. The van der Waals surface area contributed by atoms with Crippen molar-refractivity contribution >= 4 is 7.85 Å². The van der Waals surface area contributed by atoms with Gasteiger partial charge in [-0.05, 0) is 24.3 Å². The Morgan fingerprint density at radius 2 is 1.36 bits per heavy atom. The maximum absolute atomic E-state index is 4.32. The van der Waals surface area contributed by atoms with E-state index in [1.54, 1.807) is 0 Å². The van der Waals surface area contributed by atoms with E-state index in [4.69, 9.17) is 0 Å². The molecule has 0 atom stereocenters. The average molecular weight is 182 g/mol. The molecule has 68 valence electrons. The highest BCUT2D eigenvalue weighted by atomic mass is 14.7. The Bertz CT molecular complexity index is 349. The first-order valence-corrected chi connectivity index (χ1v) is 4.70. The molecule has 2 nitrogen and oxygen atoms in total. The van der Waals surface area contributed by atoms with E-state index in [9.17, 15) is 0 Å². The number of hydrogen-bond acceptors (Lipinski definition) is 2. The van der Waals surface area contributed by atoms with Crippen LogP contribution < -0.4 is 0 Å². The Morgan fingerprint density at radius 3 is 1.71 bits per heavy atom. The van der Waals surface area contributed by atoms with Gasteiger partial charge in [-0.25, -0.2) is 0 Å². The SMILES string of the molecule is BC(c1ccccn1)c1ccccn1. The smallest absolute Gasteiger partial charge is 0.120 e. The topological polar surface area (TPSA) is 25.8 Å². The molecule has 2 aromatic rings. The highest BCUT2D eigenvalue weighted by Crippen LogP contribution is 2.15. The summed E-state index contributed by atoms with van der Waals surface area (Å²) in [6.45, 7) is 0. The number of hydrogen-bond donors (Lipinski definition) is 0. The summed E-state index contributed by atoms with van der Waals surface area (Å²) < 4.78 is 0. The molecule has 0 aliphatic rings. The van der Waals surface area contributed by atoms with E-state index in [1.807, 2.05) is 48.8 Å². The summed E-state index contributed by atoms with van der Waals surface area (Å²) in [5, 5.41) is 0.